The first kappa shape index (κ1) is 24.4. The summed E-state index contributed by atoms with van der Waals surface area (Å²) < 4.78 is 25.4. The van der Waals surface area contributed by atoms with Gasteiger partial charge < -0.3 is 10.6 Å². The van der Waals surface area contributed by atoms with Gasteiger partial charge in [0, 0.05) is 32.1 Å². The second kappa shape index (κ2) is 11.4. The Balaban J connectivity index is 0.00000392. The monoisotopic (exact) mass is 519 g/mol. The SMILES string of the molecule is CCNC(=NCc1ccc(S(C)(=O)=O)c(C)c1)NCCCn1cc(C)cn1.I. The lowest BCUT2D eigenvalue weighted by Gasteiger charge is -2.12. The number of benzene rings is 1. The molecule has 7 nitrogen and oxygen atoms in total. The van der Waals surface area contributed by atoms with Gasteiger partial charge in [0.25, 0.3) is 0 Å². The Morgan fingerprint density at radius 3 is 2.57 bits per heavy atom. The van der Waals surface area contributed by atoms with Crippen LogP contribution in [0.4, 0.5) is 0 Å². The maximum absolute atomic E-state index is 11.7. The van der Waals surface area contributed by atoms with Gasteiger partial charge in [0.1, 0.15) is 0 Å². The Morgan fingerprint density at radius 1 is 1.25 bits per heavy atom. The van der Waals surface area contributed by atoms with Gasteiger partial charge in [-0.25, -0.2) is 13.4 Å². The van der Waals surface area contributed by atoms with Crippen LogP contribution >= 0.6 is 24.0 Å². The molecule has 0 saturated carbocycles. The molecule has 1 aromatic heterocycles. The summed E-state index contributed by atoms with van der Waals surface area (Å²) in [4.78, 5) is 4.96. The average Bonchev–Trinajstić information content (AvgIpc) is 3.00. The molecule has 0 aliphatic heterocycles. The molecule has 0 aliphatic carbocycles. The number of halogens is 1. The zero-order valence-electron chi connectivity index (χ0n) is 16.9. The second-order valence-electron chi connectivity index (χ2n) is 6.63. The lowest BCUT2D eigenvalue weighted by molar-refractivity contribution is 0.570. The first-order chi connectivity index (χ1) is 12.8. The van der Waals surface area contributed by atoms with E-state index in [1.54, 1.807) is 6.07 Å². The highest BCUT2D eigenvalue weighted by atomic mass is 127. The fourth-order valence-corrected chi connectivity index (χ4v) is 3.73. The van der Waals surface area contributed by atoms with Crippen molar-refractivity contribution in [2.24, 2.45) is 4.99 Å². The minimum Gasteiger partial charge on any atom is -0.357 e. The number of aromatic nitrogens is 2. The highest BCUT2D eigenvalue weighted by molar-refractivity contribution is 14.0. The summed E-state index contributed by atoms with van der Waals surface area (Å²) in [6, 6.07) is 5.35. The predicted molar refractivity (Wildman–Crippen MR) is 124 cm³/mol. The summed E-state index contributed by atoms with van der Waals surface area (Å²) >= 11 is 0. The molecule has 1 heterocycles. The van der Waals surface area contributed by atoms with E-state index < -0.39 is 9.84 Å². The van der Waals surface area contributed by atoms with E-state index in [1.165, 1.54) is 6.26 Å². The van der Waals surface area contributed by atoms with E-state index in [2.05, 4.69) is 20.7 Å². The first-order valence-corrected chi connectivity index (χ1v) is 11.0. The summed E-state index contributed by atoms with van der Waals surface area (Å²) in [6.07, 6.45) is 6.05. The number of guanidine groups is 1. The van der Waals surface area contributed by atoms with Crippen molar-refractivity contribution < 1.29 is 8.42 Å². The third-order valence-corrected chi connectivity index (χ3v) is 5.28. The fourth-order valence-electron chi connectivity index (χ4n) is 2.78. The van der Waals surface area contributed by atoms with Gasteiger partial charge in [0.05, 0.1) is 17.6 Å². The van der Waals surface area contributed by atoms with Crippen molar-refractivity contribution in [1.29, 1.82) is 0 Å². The van der Waals surface area contributed by atoms with E-state index in [9.17, 15) is 8.42 Å². The van der Waals surface area contributed by atoms with Crippen LogP contribution in [0.1, 0.15) is 30.0 Å². The summed E-state index contributed by atoms with van der Waals surface area (Å²) in [7, 11) is -3.19. The largest absolute Gasteiger partial charge is 0.357 e. The molecule has 0 bridgehead atoms. The molecule has 0 spiro atoms. The molecule has 0 aliphatic rings. The topological polar surface area (TPSA) is 88.4 Å². The van der Waals surface area contributed by atoms with E-state index in [1.807, 2.05) is 50.0 Å². The molecule has 0 saturated heterocycles. The van der Waals surface area contributed by atoms with Crippen LogP contribution in [-0.2, 0) is 22.9 Å². The number of nitrogens with one attached hydrogen (secondary N) is 2. The number of sulfone groups is 1. The summed E-state index contributed by atoms with van der Waals surface area (Å²) in [6.45, 7) is 8.76. The molecular formula is C19H30IN5O2S. The fraction of sp³-hybridized carbons (Fsp3) is 0.474. The van der Waals surface area contributed by atoms with E-state index >= 15 is 0 Å². The molecule has 156 valence electrons. The molecule has 2 N–H and O–H groups in total. The molecule has 0 atom stereocenters. The Bertz CT molecular complexity index is 893. The summed E-state index contributed by atoms with van der Waals surface area (Å²) in [5, 5.41) is 10.8. The molecule has 2 aromatic rings. The highest BCUT2D eigenvalue weighted by Crippen LogP contribution is 2.17. The van der Waals surface area contributed by atoms with Crippen LogP contribution < -0.4 is 10.6 Å². The van der Waals surface area contributed by atoms with Crippen LogP contribution in [0.3, 0.4) is 0 Å². The Morgan fingerprint density at radius 2 is 2.00 bits per heavy atom. The van der Waals surface area contributed by atoms with Gasteiger partial charge in [0.2, 0.25) is 0 Å². The Kier molecular flexibility index (Phi) is 9.94. The van der Waals surface area contributed by atoms with Crippen molar-refractivity contribution in [2.75, 3.05) is 19.3 Å². The van der Waals surface area contributed by atoms with Gasteiger partial charge in [-0.3, -0.25) is 4.68 Å². The van der Waals surface area contributed by atoms with Gasteiger partial charge in [-0.15, -0.1) is 24.0 Å². The maximum Gasteiger partial charge on any atom is 0.191 e. The smallest absolute Gasteiger partial charge is 0.191 e. The minimum absolute atomic E-state index is 0. The number of nitrogens with zero attached hydrogens (tertiary/aromatic N) is 3. The van der Waals surface area contributed by atoms with Gasteiger partial charge in [-0.1, -0.05) is 12.1 Å². The van der Waals surface area contributed by atoms with Crippen LogP contribution in [0, 0.1) is 13.8 Å². The predicted octanol–water partition coefficient (Wildman–Crippen LogP) is 2.67. The van der Waals surface area contributed by atoms with Gasteiger partial charge in [0.15, 0.2) is 15.8 Å². The average molecular weight is 519 g/mol. The normalized spacial score (nSPS) is 11.8. The standard InChI is InChI=1S/C19H29N5O2S.HI/c1-5-20-19(21-9-6-10-24-14-15(2)12-23-24)22-13-17-7-8-18(16(3)11-17)27(4,25)26;/h7-8,11-12,14H,5-6,9-10,13H2,1-4H3,(H2,20,21,22);1H. The van der Waals surface area contributed by atoms with Gasteiger partial charge in [-0.2, -0.15) is 5.10 Å². The summed E-state index contributed by atoms with van der Waals surface area (Å²) in [5.41, 5.74) is 2.89. The van der Waals surface area contributed by atoms with Crippen LogP contribution in [-0.4, -0.2) is 43.5 Å². The van der Waals surface area contributed by atoms with Gasteiger partial charge in [-0.05, 0) is 49.9 Å². The lowest BCUT2D eigenvalue weighted by Crippen LogP contribution is -2.38. The molecular weight excluding hydrogens is 489 g/mol. The third kappa shape index (κ3) is 7.78. The Hall–Kier alpha value is -1.62. The molecule has 2 rings (SSSR count). The third-order valence-electron chi connectivity index (χ3n) is 4.02. The number of aliphatic imine (C=N–C) groups is 1. The Labute approximate surface area is 185 Å². The highest BCUT2D eigenvalue weighted by Gasteiger charge is 2.10. The van der Waals surface area contributed by atoms with E-state index in [0.717, 1.165) is 48.7 Å². The van der Waals surface area contributed by atoms with Crippen molar-refractivity contribution in [3.8, 4) is 0 Å². The molecule has 0 unspecified atom stereocenters. The second-order valence-corrected chi connectivity index (χ2v) is 8.61. The van der Waals surface area contributed by atoms with E-state index in [4.69, 9.17) is 0 Å². The van der Waals surface area contributed by atoms with Crippen molar-refractivity contribution in [1.82, 2.24) is 20.4 Å². The zero-order valence-corrected chi connectivity index (χ0v) is 20.0. The molecule has 28 heavy (non-hydrogen) atoms. The van der Waals surface area contributed by atoms with Crippen molar-refractivity contribution in [3.63, 3.8) is 0 Å². The minimum atomic E-state index is -3.19. The van der Waals surface area contributed by atoms with Gasteiger partial charge >= 0.3 is 0 Å². The van der Waals surface area contributed by atoms with E-state index in [-0.39, 0.29) is 24.0 Å². The quantitative estimate of drug-likeness (QED) is 0.242. The lowest BCUT2D eigenvalue weighted by atomic mass is 10.1. The van der Waals surface area contributed by atoms with Crippen molar-refractivity contribution in [3.05, 3.63) is 47.3 Å². The van der Waals surface area contributed by atoms with E-state index in [0.29, 0.717) is 11.4 Å². The molecule has 0 radical (unpaired) electrons. The van der Waals surface area contributed by atoms with Crippen molar-refractivity contribution in [2.45, 2.75) is 45.2 Å². The maximum atomic E-state index is 11.7. The summed E-state index contributed by atoms with van der Waals surface area (Å²) in [5.74, 6) is 0.749. The van der Waals surface area contributed by atoms with Crippen LogP contribution in [0.15, 0.2) is 40.5 Å². The zero-order chi connectivity index (χ0) is 19.9. The number of aryl methyl sites for hydroxylation is 3. The van der Waals surface area contributed by atoms with Crippen LogP contribution in [0.2, 0.25) is 0 Å². The molecule has 9 heteroatoms. The van der Waals surface area contributed by atoms with Crippen molar-refractivity contribution >= 4 is 39.8 Å². The molecule has 0 fully saturated rings. The van der Waals surface area contributed by atoms with Crippen LogP contribution in [0.25, 0.3) is 0 Å². The first-order valence-electron chi connectivity index (χ1n) is 9.10. The number of hydrogen-bond acceptors (Lipinski definition) is 4. The molecule has 1 aromatic carbocycles. The number of hydrogen-bond donors (Lipinski definition) is 2. The number of rotatable bonds is 8. The van der Waals surface area contributed by atoms with Crippen LogP contribution in [0.5, 0.6) is 0 Å². The molecule has 0 amide bonds.